The number of nitrogens with one attached hydrogen (secondary N) is 1. The topological polar surface area (TPSA) is 73.5 Å². The number of nitrogens with zero attached hydrogens (tertiary/aromatic N) is 2. The Labute approximate surface area is 207 Å². The molecule has 1 atom stereocenters. The van der Waals surface area contributed by atoms with Gasteiger partial charge in [0.25, 0.3) is 0 Å². The van der Waals surface area contributed by atoms with Crippen molar-refractivity contribution in [3.63, 3.8) is 0 Å². The van der Waals surface area contributed by atoms with Crippen molar-refractivity contribution >= 4 is 40.8 Å². The first-order valence-corrected chi connectivity index (χ1v) is 12.5. The molecule has 2 aromatic heterocycles. The molecule has 0 aliphatic carbocycles. The molecule has 1 saturated heterocycles. The largest absolute Gasteiger partial charge is 0.335 e. The van der Waals surface area contributed by atoms with Gasteiger partial charge in [-0.1, -0.05) is 49.2 Å². The molecule has 1 aliphatic rings. The van der Waals surface area contributed by atoms with Crippen molar-refractivity contribution in [2.75, 3.05) is 13.1 Å². The second-order valence-corrected chi connectivity index (χ2v) is 9.61. The Morgan fingerprint density at radius 3 is 2.56 bits per heavy atom. The predicted molar refractivity (Wildman–Crippen MR) is 137 cm³/mol. The Kier molecular flexibility index (Phi) is 7.65. The van der Waals surface area contributed by atoms with E-state index in [0.717, 1.165) is 28.0 Å². The third-order valence-electron chi connectivity index (χ3n) is 5.85. The molecule has 0 bridgehead atoms. The number of aromatic amines is 1. The van der Waals surface area contributed by atoms with E-state index in [1.807, 2.05) is 47.5 Å². The van der Waals surface area contributed by atoms with Crippen LogP contribution < -0.4 is 5.56 Å². The lowest BCUT2D eigenvalue weighted by Gasteiger charge is -2.40. The monoisotopic (exact) mass is 495 g/mol. The zero-order chi connectivity index (χ0) is 24.1. The highest BCUT2D eigenvalue weighted by molar-refractivity contribution is 7.11. The number of aromatic nitrogens is 1. The van der Waals surface area contributed by atoms with Crippen molar-refractivity contribution in [2.45, 2.75) is 32.4 Å². The first-order chi connectivity index (χ1) is 16.4. The van der Waals surface area contributed by atoms with Crippen LogP contribution >= 0.6 is 22.9 Å². The summed E-state index contributed by atoms with van der Waals surface area (Å²) in [7, 11) is 0. The van der Waals surface area contributed by atoms with Gasteiger partial charge in [-0.3, -0.25) is 14.4 Å². The standard InChI is InChI=1S/C26H26ClN3O3S/c1-2-3-23-26(33)29(12-13-30(23)25(32)11-9-22-14-21(27)17-34-22)16-18-4-6-19(7-5-18)20-8-10-24(31)28-15-20/h4-11,14-15,17,23H,2-3,12-13,16H2,1H3,(H,28,31)/t23-/m0/s1. The molecule has 1 fully saturated rings. The van der Waals surface area contributed by atoms with E-state index in [4.69, 9.17) is 11.6 Å². The third kappa shape index (κ3) is 5.66. The Bertz CT molecular complexity index is 1230. The maximum atomic E-state index is 13.3. The summed E-state index contributed by atoms with van der Waals surface area (Å²) in [5, 5.41) is 2.47. The van der Waals surface area contributed by atoms with E-state index in [-0.39, 0.29) is 17.4 Å². The summed E-state index contributed by atoms with van der Waals surface area (Å²) in [5.41, 5.74) is 2.80. The number of hydrogen-bond acceptors (Lipinski definition) is 4. The molecule has 0 unspecified atom stereocenters. The number of carbonyl (C=O) groups is 2. The van der Waals surface area contributed by atoms with Gasteiger partial charge in [-0.05, 0) is 41.3 Å². The van der Waals surface area contributed by atoms with E-state index < -0.39 is 6.04 Å². The van der Waals surface area contributed by atoms with Crippen LogP contribution in [0.5, 0.6) is 0 Å². The summed E-state index contributed by atoms with van der Waals surface area (Å²) in [4.78, 5) is 44.6. The van der Waals surface area contributed by atoms with E-state index in [1.54, 1.807) is 23.2 Å². The van der Waals surface area contributed by atoms with E-state index in [9.17, 15) is 14.4 Å². The molecule has 4 rings (SSSR count). The maximum absolute atomic E-state index is 13.3. The summed E-state index contributed by atoms with van der Waals surface area (Å²) in [6, 6.07) is 12.6. The van der Waals surface area contributed by atoms with Gasteiger partial charge in [0, 0.05) is 48.2 Å². The van der Waals surface area contributed by atoms with Crippen molar-refractivity contribution in [3.05, 3.63) is 85.9 Å². The van der Waals surface area contributed by atoms with Crippen LogP contribution in [0.4, 0.5) is 0 Å². The number of H-pyrrole nitrogens is 1. The van der Waals surface area contributed by atoms with Crippen LogP contribution in [0.1, 0.15) is 30.2 Å². The lowest BCUT2D eigenvalue weighted by molar-refractivity contribution is -0.150. The average molecular weight is 496 g/mol. The molecule has 0 saturated carbocycles. The second kappa shape index (κ2) is 10.8. The van der Waals surface area contributed by atoms with Crippen molar-refractivity contribution in [3.8, 4) is 11.1 Å². The molecule has 0 spiro atoms. The van der Waals surface area contributed by atoms with Gasteiger partial charge in [-0.15, -0.1) is 11.3 Å². The number of thiophene rings is 1. The molecule has 1 aliphatic heterocycles. The fourth-order valence-electron chi connectivity index (χ4n) is 4.09. The molecule has 1 N–H and O–H groups in total. The molecule has 34 heavy (non-hydrogen) atoms. The SMILES string of the molecule is CCC[C@H]1C(=O)N(Cc2ccc(-c3ccc(=O)[nH]c3)cc2)CCN1C(=O)C=Cc1cc(Cl)cs1. The molecule has 0 radical (unpaired) electrons. The van der Waals surface area contributed by atoms with Crippen LogP contribution in [0.25, 0.3) is 17.2 Å². The number of halogens is 1. The van der Waals surface area contributed by atoms with E-state index in [0.29, 0.717) is 31.1 Å². The molecule has 3 heterocycles. The molecule has 1 aromatic carbocycles. The Balaban J connectivity index is 1.43. The van der Waals surface area contributed by atoms with Crippen LogP contribution in [0.2, 0.25) is 5.02 Å². The lowest BCUT2D eigenvalue weighted by atomic mass is 10.0. The first kappa shape index (κ1) is 24.0. The van der Waals surface area contributed by atoms with Crippen LogP contribution in [-0.4, -0.2) is 45.7 Å². The van der Waals surface area contributed by atoms with E-state index >= 15 is 0 Å². The van der Waals surface area contributed by atoms with Gasteiger partial charge in [0.05, 0.1) is 5.02 Å². The van der Waals surface area contributed by atoms with Gasteiger partial charge in [0.1, 0.15) is 6.04 Å². The van der Waals surface area contributed by atoms with Crippen LogP contribution in [-0.2, 0) is 16.1 Å². The summed E-state index contributed by atoms with van der Waals surface area (Å²) >= 11 is 7.43. The smallest absolute Gasteiger partial charge is 0.247 e. The minimum Gasteiger partial charge on any atom is -0.335 e. The van der Waals surface area contributed by atoms with E-state index in [2.05, 4.69) is 4.98 Å². The van der Waals surface area contributed by atoms with Gasteiger partial charge < -0.3 is 14.8 Å². The number of rotatable bonds is 7. The Morgan fingerprint density at radius 1 is 1.15 bits per heavy atom. The third-order valence-corrected chi connectivity index (χ3v) is 7.10. The highest BCUT2D eigenvalue weighted by atomic mass is 35.5. The number of hydrogen-bond donors (Lipinski definition) is 1. The van der Waals surface area contributed by atoms with Gasteiger partial charge in [-0.25, -0.2) is 0 Å². The fourth-order valence-corrected chi connectivity index (χ4v) is 5.06. The summed E-state index contributed by atoms with van der Waals surface area (Å²) in [6.07, 6.45) is 6.41. The van der Waals surface area contributed by atoms with Crippen LogP contribution in [0, 0.1) is 0 Å². The second-order valence-electron chi connectivity index (χ2n) is 8.24. The fraction of sp³-hybridized carbons (Fsp3) is 0.269. The normalized spacial score (nSPS) is 16.4. The van der Waals surface area contributed by atoms with E-state index in [1.165, 1.54) is 23.5 Å². The maximum Gasteiger partial charge on any atom is 0.247 e. The van der Waals surface area contributed by atoms with Crippen molar-refractivity contribution in [1.29, 1.82) is 0 Å². The number of amides is 2. The Hall–Kier alpha value is -3.16. The van der Waals surface area contributed by atoms with Gasteiger partial charge in [0.15, 0.2) is 0 Å². The first-order valence-electron chi connectivity index (χ1n) is 11.2. The molecule has 2 amide bonds. The summed E-state index contributed by atoms with van der Waals surface area (Å²) in [5.74, 6) is -0.167. The molecular weight excluding hydrogens is 470 g/mol. The number of benzene rings is 1. The molecular formula is C26H26ClN3O3S. The highest BCUT2D eigenvalue weighted by Crippen LogP contribution is 2.23. The zero-order valence-electron chi connectivity index (χ0n) is 18.9. The van der Waals surface area contributed by atoms with Crippen LogP contribution in [0.15, 0.2) is 64.9 Å². The van der Waals surface area contributed by atoms with Gasteiger partial charge >= 0.3 is 0 Å². The Morgan fingerprint density at radius 2 is 1.91 bits per heavy atom. The van der Waals surface area contributed by atoms with Crippen molar-refractivity contribution in [1.82, 2.24) is 14.8 Å². The summed E-state index contributed by atoms with van der Waals surface area (Å²) < 4.78 is 0. The number of carbonyl (C=O) groups excluding carboxylic acids is 2. The molecule has 6 nitrogen and oxygen atoms in total. The minimum absolute atomic E-state index is 0.0151. The van der Waals surface area contributed by atoms with Crippen molar-refractivity contribution in [2.24, 2.45) is 0 Å². The molecule has 8 heteroatoms. The molecule has 3 aromatic rings. The van der Waals surface area contributed by atoms with Gasteiger partial charge in [-0.2, -0.15) is 0 Å². The minimum atomic E-state index is -0.455. The van der Waals surface area contributed by atoms with Crippen molar-refractivity contribution < 1.29 is 9.59 Å². The zero-order valence-corrected chi connectivity index (χ0v) is 20.4. The van der Waals surface area contributed by atoms with Crippen LogP contribution in [0.3, 0.4) is 0 Å². The average Bonchev–Trinajstić information content (AvgIpc) is 3.26. The van der Waals surface area contributed by atoms with Gasteiger partial charge in [0.2, 0.25) is 17.4 Å². The lowest BCUT2D eigenvalue weighted by Crippen LogP contribution is -2.58. The summed E-state index contributed by atoms with van der Waals surface area (Å²) in [6.45, 7) is 3.51. The predicted octanol–water partition coefficient (Wildman–Crippen LogP) is 4.81. The molecule has 176 valence electrons. The quantitative estimate of drug-likeness (QED) is 0.478. The number of piperazine rings is 1. The highest BCUT2D eigenvalue weighted by Gasteiger charge is 2.35. The number of pyridine rings is 1.